The molecule has 0 aromatic heterocycles. The van der Waals surface area contributed by atoms with E-state index >= 15 is 0 Å². The molecule has 0 fully saturated rings. The van der Waals surface area contributed by atoms with E-state index in [1.807, 2.05) is 31.2 Å². The summed E-state index contributed by atoms with van der Waals surface area (Å²) < 4.78 is 5.53. The number of carbonyl (C=O) groups excluding carboxylic acids is 1. The summed E-state index contributed by atoms with van der Waals surface area (Å²) in [5.74, 6) is 0.602. The zero-order chi connectivity index (χ0) is 14.4. The summed E-state index contributed by atoms with van der Waals surface area (Å²) in [5.41, 5.74) is 1.66. The number of benzene rings is 2. The minimum Gasteiger partial charge on any atom is -0.492 e. The average molecular weight is 290 g/mol. The number of nitrogens with one attached hydrogen (secondary N) is 1. The molecule has 0 saturated heterocycles. The average Bonchev–Trinajstić information content (AvgIpc) is 2.46. The lowest BCUT2D eigenvalue weighted by molar-refractivity contribution is 0.0947. The molecule has 0 bridgehead atoms. The Labute approximate surface area is 123 Å². The Kier molecular flexibility index (Phi) is 5.02. The van der Waals surface area contributed by atoms with Crippen molar-refractivity contribution in [2.24, 2.45) is 0 Å². The highest BCUT2D eigenvalue weighted by molar-refractivity contribution is 6.33. The van der Waals surface area contributed by atoms with Crippen LogP contribution in [0.2, 0.25) is 5.02 Å². The van der Waals surface area contributed by atoms with Gasteiger partial charge in [0.1, 0.15) is 12.4 Å². The van der Waals surface area contributed by atoms with Crippen LogP contribution in [0.3, 0.4) is 0 Å². The van der Waals surface area contributed by atoms with Crippen LogP contribution in [0.25, 0.3) is 0 Å². The number of hydrogen-bond donors (Lipinski definition) is 1. The number of amides is 1. The van der Waals surface area contributed by atoms with E-state index in [2.05, 4.69) is 5.32 Å². The van der Waals surface area contributed by atoms with Crippen LogP contribution in [0.4, 0.5) is 0 Å². The molecule has 20 heavy (non-hydrogen) atoms. The zero-order valence-corrected chi connectivity index (χ0v) is 12.0. The van der Waals surface area contributed by atoms with Gasteiger partial charge in [-0.05, 0) is 31.2 Å². The van der Waals surface area contributed by atoms with Crippen molar-refractivity contribution in [2.45, 2.75) is 6.92 Å². The van der Waals surface area contributed by atoms with E-state index < -0.39 is 0 Å². The molecule has 104 valence electrons. The van der Waals surface area contributed by atoms with E-state index in [0.29, 0.717) is 23.7 Å². The highest BCUT2D eigenvalue weighted by Crippen LogP contribution is 2.14. The first-order valence-electron chi connectivity index (χ1n) is 6.39. The Morgan fingerprint density at radius 2 is 1.85 bits per heavy atom. The molecule has 4 heteroatoms. The zero-order valence-electron chi connectivity index (χ0n) is 11.2. The lowest BCUT2D eigenvalue weighted by atomic mass is 10.2. The second kappa shape index (κ2) is 6.96. The maximum Gasteiger partial charge on any atom is 0.252 e. The first-order chi connectivity index (χ1) is 9.66. The van der Waals surface area contributed by atoms with Gasteiger partial charge in [0, 0.05) is 0 Å². The minimum absolute atomic E-state index is 0.192. The fourth-order valence-electron chi connectivity index (χ4n) is 1.71. The predicted octanol–water partition coefficient (Wildman–Crippen LogP) is 3.46. The highest BCUT2D eigenvalue weighted by Gasteiger charge is 2.08. The third-order valence-corrected chi connectivity index (χ3v) is 3.13. The maximum atomic E-state index is 11.9. The van der Waals surface area contributed by atoms with Crippen molar-refractivity contribution in [1.29, 1.82) is 0 Å². The molecule has 0 aliphatic heterocycles. The SMILES string of the molecule is Cc1ccc(OCCNC(=O)c2ccccc2Cl)cc1. The molecule has 0 aliphatic rings. The molecule has 1 N–H and O–H groups in total. The fourth-order valence-corrected chi connectivity index (χ4v) is 1.93. The van der Waals surface area contributed by atoms with Gasteiger partial charge < -0.3 is 10.1 Å². The number of hydrogen-bond acceptors (Lipinski definition) is 2. The van der Waals surface area contributed by atoms with Crippen LogP contribution in [0.1, 0.15) is 15.9 Å². The van der Waals surface area contributed by atoms with Crippen molar-refractivity contribution in [3.63, 3.8) is 0 Å². The summed E-state index contributed by atoms with van der Waals surface area (Å²) in [6, 6.07) is 14.7. The molecule has 0 unspecified atom stereocenters. The molecular formula is C16H16ClNO2. The molecule has 0 spiro atoms. The summed E-state index contributed by atoms with van der Waals surface area (Å²) in [5, 5.41) is 3.22. The summed E-state index contributed by atoms with van der Waals surface area (Å²) in [6.07, 6.45) is 0. The Bertz CT molecular complexity index is 581. The third kappa shape index (κ3) is 4.00. The van der Waals surface area contributed by atoms with E-state index in [-0.39, 0.29) is 5.91 Å². The van der Waals surface area contributed by atoms with E-state index in [0.717, 1.165) is 5.75 Å². The van der Waals surface area contributed by atoms with Crippen molar-refractivity contribution in [3.8, 4) is 5.75 Å². The topological polar surface area (TPSA) is 38.3 Å². The Hall–Kier alpha value is -2.00. The number of rotatable bonds is 5. The second-order valence-electron chi connectivity index (χ2n) is 4.40. The summed E-state index contributed by atoms with van der Waals surface area (Å²) >= 11 is 5.95. The van der Waals surface area contributed by atoms with Gasteiger partial charge in [-0.25, -0.2) is 0 Å². The maximum absolute atomic E-state index is 11.9. The van der Waals surface area contributed by atoms with Gasteiger partial charge >= 0.3 is 0 Å². The van der Waals surface area contributed by atoms with Crippen molar-refractivity contribution in [1.82, 2.24) is 5.32 Å². The Morgan fingerprint density at radius 1 is 1.15 bits per heavy atom. The van der Waals surface area contributed by atoms with Crippen molar-refractivity contribution < 1.29 is 9.53 Å². The molecule has 0 heterocycles. The van der Waals surface area contributed by atoms with E-state index in [1.54, 1.807) is 24.3 Å². The lowest BCUT2D eigenvalue weighted by Crippen LogP contribution is -2.28. The molecular weight excluding hydrogens is 274 g/mol. The molecule has 2 aromatic carbocycles. The van der Waals surface area contributed by atoms with Crippen molar-refractivity contribution in [3.05, 3.63) is 64.7 Å². The Morgan fingerprint density at radius 3 is 2.55 bits per heavy atom. The number of carbonyl (C=O) groups is 1. The molecule has 1 amide bonds. The summed E-state index contributed by atoms with van der Waals surface area (Å²) in [6.45, 7) is 2.87. The van der Waals surface area contributed by atoms with Crippen LogP contribution in [0.15, 0.2) is 48.5 Å². The van der Waals surface area contributed by atoms with Gasteiger partial charge in [-0.1, -0.05) is 41.4 Å². The summed E-state index contributed by atoms with van der Waals surface area (Å²) in [4.78, 5) is 11.9. The number of ether oxygens (including phenoxy) is 1. The molecule has 0 aliphatic carbocycles. The first kappa shape index (κ1) is 14.4. The summed E-state index contributed by atoms with van der Waals surface area (Å²) in [7, 11) is 0. The molecule has 0 saturated carbocycles. The van der Waals surface area contributed by atoms with Gasteiger partial charge in [0.2, 0.25) is 0 Å². The first-order valence-corrected chi connectivity index (χ1v) is 6.77. The molecule has 2 aromatic rings. The quantitative estimate of drug-likeness (QED) is 0.856. The monoisotopic (exact) mass is 289 g/mol. The smallest absolute Gasteiger partial charge is 0.252 e. The molecule has 2 rings (SSSR count). The van der Waals surface area contributed by atoms with Gasteiger partial charge in [0.15, 0.2) is 0 Å². The molecule has 0 atom stereocenters. The highest BCUT2D eigenvalue weighted by atomic mass is 35.5. The second-order valence-corrected chi connectivity index (χ2v) is 4.80. The van der Waals surface area contributed by atoms with E-state index in [9.17, 15) is 4.79 Å². The van der Waals surface area contributed by atoms with Gasteiger partial charge in [-0.2, -0.15) is 0 Å². The minimum atomic E-state index is -0.192. The van der Waals surface area contributed by atoms with Crippen molar-refractivity contribution >= 4 is 17.5 Å². The van der Waals surface area contributed by atoms with Crippen LogP contribution < -0.4 is 10.1 Å². The molecule has 3 nitrogen and oxygen atoms in total. The molecule has 0 radical (unpaired) electrons. The third-order valence-electron chi connectivity index (χ3n) is 2.80. The fraction of sp³-hybridized carbons (Fsp3) is 0.188. The largest absolute Gasteiger partial charge is 0.492 e. The van der Waals surface area contributed by atoms with Crippen LogP contribution >= 0.6 is 11.6 Å². The number of halogens is 1. The van der Waals surface area contributed by atoms with Gasteiger partial charge in [-0.15, -0.1) is 0 Å². The Balaban J connectivity index is 1.77. The van der Waals surface area contributed by atoms with Gasteiger partial charge in [0.25, 0.3) is 5.91 Å². The van der Waals surface area contributed by atoms with E-state index in [1.165, 1.54) is 5.56 Å². The standard InChI is InChI=1S/C16H16ClNO2/c1-12-6-8-13(9-7-12)20-11-10-18-16(19)14-4-2-3-5-15(14)17/h2-9H,10-11H2,1H3,(H,18,19). The van der Waals surface area contributed by atoms with Crippen LogP contribution in [-0.4, -0.2) is 19.1 Å². The van der Waals surface area contributed by atoms with Crippen LogP contribution in [0.5, 0.6) is 5.75 Å². The van der Waals surface area contributed by atoms with Crippen LogP contribution in [-0.2, 0) is 0 Å². The predicted molar refractivity (Wildman–Crippen MR) is 80.5 cm³/mol. The lowest BCUT2D eigenvalue weighted by Gasteiger charge is -2.08. The van der Waals surface area contributed by atoms with E-state index in [4.69, 9.17) is 16.3 Å². The normalized spacial score (nSPS) is 10.1. The number of aryl methyl sites for hydroxylation is 1. The van der Waals surface area contributed by atoms with Gasteiger partial charge in [0.05, 0.1) is 17.1 Å². The van der Waals surface area contributed by atoms with Crippen LogP contribution in [0, 0.1) is 6.92 Å². The van der Waals surface area contributed by atoms with Gasteiger partial charge in [-0.3, -0.25) is 4.79 Å². The van der Waals surface area contributed by atoms with Crippen molar-refractivity contribution in [2.75, 3.05) is 13.2 Å².